The number of alkyl halides is 14. The molecule has 35 heavy (non-hydrogen) atoms. The molecule has 17 heteroatoms. The molecule has 0 saturated carbocycles. The Hall–Kier alpha value is -1.10. The van der Waals surface area contributed by atoms with Crippen LogP contribution in [0.1, 0.15) is 55.4 Å². The maximum Gasteiger partial charge on any atom is 0.523 e. The number of halogens is 14. The van der Waals surface area contributed by atoms with Crippen molar-refractivity contribution in [1.29, 1.82) is 0 Å². The fourth-order valence-corrected chi connectivity index (χ4v) is 2.59. The zero-order valence-corrected chi connectivity index (χ0v) is 19.5. The van der Waals surface area contributed by atoms with E-state index in [9.17, 15) is 57.1 Å². The summed E-state index contributed by atoms with van der Waals surface area (Å²) in [4.78, 5) is 0. The van der Waals surface area contributed by atoms with Gasteiger partial charge >= 0.3 is 36.6 Å². The molecule has 0 bridgehead atoms. The second-order valence-corrected chi connectivity index (χ2v) is 9.60. The summed E-state index contributed by atoms with van der Waals surface area (Å²) in [6.45, 7) is 0.542. The second kappa shape index (κ2) is 8.74. The van der Waals surface area contributed by atoms with E-state index in [-0.39, 0.29) is 55.4 Å². The van der Waals surface area contributed by atoms with E-state index in [0.717, 1.165) is 0 Å². The first-order chi connectivity index (χ1) is 14.6. The maximum absolute atomic E-state index is 15.0. The first-order valence-corrected chi connectivity index (χ1v) is 9.37. The van der Waals surface area contributed by atoms with Crippen LogP contribution in [0.2, 0.25) is 0 Å². The Morgan fingerprint density at radius 1 is 0.371 bits per heavy atom. The summed E-state index contributed by atoms with van der Waals surface area (Å²) < 4.78 is 201. The van der Waals surface area contributed by atoms with Gasteiger partial charge in [0.15, 0.2) is 5.60 Å². The molecule has 3 nitrogen and oxygen atoms in total. The van der Waals surface area contributed by atoms with E-state index in [1.807, 2.05) is 0 Å². The van der Waals surface area contributed by atoms with E-state index in [1.165, 1.54) is 0 Å². The molecule has 0 radical (unpaired) electrons. The molecule has 0 aromatic carbocycles. The lowest BCUT2D eigenvalue weighted by Crippen LogP contribution is -2.71. The van der Waals surface area contributed by atoms with Crippen LogP contribution in [-0.4, -0.2) is 53.4 Å². The average molecular weight is 554 g/mol. The molecule has 0 N–H and O–H groups in total. The lowest BCUT2D eigenvalue weighted by Gasteiger charge is -2.51. The SMILES string of the molecule is CC(C)(OC(F)(F)C(C)(C)C(C)(C)OC(F)(F)C(F)(C(F)(F)F)C(C)(C)OC(F)(F)F)C(F)(F)F. The summed E-state index contributed by atoms with van der Waals surface area (Å²) in [6, 6.07) is 0. The van der Waals surface area contributed by atoms with Crippen LogP contribution in [-0.2, 0) is 14.2 Å². The van der Waals surface area contributed by atoms with Crippen molar-refractivity contribution >= 4 is 0 Å². The summed E-state index contributed by atoms with van der Waals surface area (Å²) in [7, 11) is 0. The Balaban J connectivity index is 6.64. The van der Waals surface area contributed by atoms with Gasteiger partial charge in [-0.25, -0.2) is 4.39 Å². The standard InChI is InChI=1S/C18H24F14O3/c1-9(2,16(26,27)34-12(7,8)14(20,21)22)10(3,4)33-17(28,29)13(19,15(23,24)25)11(5,6)35-18(30,31)32/h1-8H3. The summed E-state index contributed by atoms with van der Waals surface area (Å²) >= 11 is 0. The molecule has 1 unspecified atom stereocenters. The summed E-state index contributed by atoms with van der Waals surface area (Å²) in [5.41, 5.74) is -21.2. The highest BCUT2D eigenvalue weighted by atomic mass is 19.4. The van der Waals surface area contributed by atoms with E-state index in [1.54, 1.807) is 0 Å². The predicted molar refractivity (Wildman–Crippen MR) is 91.2 cm³/mol. The van der Waals surface area contributed by atoms with Crippen molar-refractivity contribution in [2.24, 2.45) is 5.41 Å². The average Bonchev–Trinajstić information content (AvgIpc) is 2.46. The molecule has 0 aliphatic rings. The Kier molecular flexibility index (Phi) is 8.46. The first-order valence-electron chi connectivity index (χ1n) is 9.37. The van der Waals surface area contributed by atoms with Crippen LogP contribution in [0.5, 0.6) is 0 Å². The minimum Gasteiger partial charge on any atom is -0.311 e. The van der Waals surface area contributed by atoms with Gasteiger partial charge < -0.3 is 9.47 Å². The van der Waals surface area contributed by atoms with Gasteiger partial charge in [-0.15, -0.1) is 13.2 Å². The third-order valence-electron chi connectivity index (χ3n) is 5.67. The normalized spacial score (nSPS) is 18.0. The highest BCUT2D eigenvalue weighted by Crippen LogP contribution is 2.58. The summed E-state index contributed by atoms with van der Waals surface area (Å²) in [6.07, 6.45) is -29.8. The lowest BCUT2D eigenvalue weighted by atomic mass is 9.75. The zero-order chi connectivity index (χ0) is 29.1. The molecule has 0 rings (SSSR count). The molecule has 0 aliphatic heterocycles. The number of hydrogen-bond donors (Lipinski definition) is 0. The summed E-state index contributed by atoms with van der Waals surface area (Å²) in [5, 5.41) is 0. The molecular weight excluding hydrogens is 530 g/mol. The van der Waals surface area contributed by atoms with E-state index < -0.39 is 58.8 Å². The quantitative estimate of drug-likeness (QED) is 0.271. The predicted octanol–water partition coefficient (Wildman–Crippen LogP) is 7.94. The van der Waals surface area contributed by atoms with Gasteiger partial charge in [-0.1, -0.05) is 0 Å². The van der Waals surface area contributed by atoms with Crippen molar-refractivity contribution in [2.45, 2.75) is 109 Å². The highest BCUT2D eigenvalue weighted by Gasteiger charge is 2.82. The third kappa shape index (κ3) is 6.25. The topological polar surface area (TPSA) is 27.7 Å². The Morgan fingerprint density at radius 2 is 0.714 bits per heavy atom. The Bertz CT molecular complexity index is 747. The molecule has 1 atom stereocenters. The van der Waals surface area contributed by atoms with Crippen LogP contribution in [0.3, 0.4) is 0 Å². The van der Waals surface area contributed by atoms with Crippen LogP contribution in [0.15, 0.2) is 0 Å². The molecule has 0 aliphatic carbocycles. The second-order valence-electron chi connectivity index (χ2n) is 9.60. The van der Waals surface area contributed by atoms with Crippen molar-refractivity contribution in [2.75, 3.05) is 0 Å². The van der Waals surface area contributed by atoms with Crippen LogP contribution < -0.4 is 0 Å². The first kappa shape index (κ1) is 33.9. The molecule has 0 amide bonds. The Morgan fingerprint density at radius 3 is 1.00 bits per heavy atom. The van der Waals surface area contributed by atoms with Gasteiger partial charge in [0, 0.05) is 0 Å². The largest absolute Gasteiger partial charge is 0.523 e. The highest BCUT2D eigenvalue weighted by molar-refractivity contribution is 5.09. The van der Waals surface area contributed by atoms with Crippen LogP contribution in [0.4, 0.5) is 61.5 Å². The van der Waals surface area contributed by atoms with E-state index in [4.69, 9.17) is 0 Å². The van der Waals surface area contributed by atoms with Crippen molar-refractivity contribution < 1.29 is 75.7 Å². The molecule has 0 fully saturated rings. The molecule has 212 valence electrons. The summed E-state index contributed by atoms with van der Waals surface area (Å²) in [5.74, 6) is 0. The molecule has 0 spiro atoms. The van der Waals surface area contributed by atoms with Gasteiger partial charge in [-0.05, 0) is 55.4 Å². The van der Waals surface area contributed by atoms with E-state index >= 15 is 4.39 Å². The third-order valence-corrected chi connectivity index (χ3v) is 5.67. The van der Waals surface area contributed by atoms with Crippen LogP contribution in [0.25, 0.3) is 0 Å². The molecule has 0 heterocycles. The molecule has 0 saturated heterocycles. The molecule has 0 aromatic heterocycles. The van der Waals surface area contributed by atoms with Gasteiger partial charge in [-0.2, -0.15) is 43.9 Å². The zero-order valence-electron chi connectivity index (χ0n) is 19.5. The van der Waals surface area contributed by atoms with Crippen molar-refractivity contribution in [3.05, 3.63) is 0 Å². The minimum absolute atomic E-state index is 0.132. The lowest BCUT2D eigenvalue weighted by molar-refractivity contribution is -0.479. The molecule has 0 aromatic rings. The van der Waals surface area contributed by atoms with Crippen molar-refractivity contribution in [3.8, 4) is 0 Å². The fourth-order valence-electron chi connectivity index (χ4n) is 2.59. The smallest absolute Gasteiger partial charge is 0.311 e. The Labute approximate surface area is 191 Å². The van der Waals surface area contributed by atoms with Gasteiger partial charge in [0.2, 0.25) is 0 Å². The van der Waals surface area contributed by atoms with E-state index in [0.29, 0.717) is 0 Å². The number of hydrogen-bond acceptors (Lipinski definition) is 3. The van der Waals surface area contributed by atoms with Gasteiger partial charge in [0.25, 0.3) is 0 Å². The van der Waals surface area contributed by atoms with Crippen molar-refractivity contribution in [3.63, 3.8) is 0 Å². The van der Waals surface area contributed by atoms with Crippen molar-refractivity contribution in [1.82, 2.24) is 0 Å². The van der Waals surface area contributed by atoms with Gasteiger partial charge in [-0.3, -0.25) is 4.74 Å². The van der Waals surface area contributed by atoms with Gasteiger partial charge in [0.05, 0.1) is 11.0 Å². The fraction of sp³-hybridized carbons (Fsp3) is 1.00. The maximum atomic E-state index is 15.0. The van der Waals surface area contributed by atoms with Crippen LogP contribution >= 0.6 is 0 Å². The van der Waals surface area contributed by atoms with E-state index in [2.05, 4.69) is 14.2 Å². The van der Waals surface area contributed by atoms with Gasteiger partial charge in [0.1, 0.15) is 5.60 Å². The minimum atomic E-state index is -6.84. The number of ether oxygens (including phenoxy) is 3. The molecular formula is C18H24F14O3. The number of rotatable bonds is 9. The monoisotopic (exact) mass is 554 g/mol. The van der Waals surface area contributed by atoms with Crippen LogP contribution in [0, 0.1) is 5.41 Å².